The first-order valence-corrected chi connectivity index (χ1v) is 6.33. The van der Waals surface area contributed by atoms with Crippen molar-refractivity contribution in [3.8, 4) is 0 Å². The SMILES string of the molecule is CCOC(=O)C(N)CCSC(C)C(=O)NC. The van der Waals surface area contributed by atoms with Crippen molar-refractivity contribution in [2.75, 3.05) is 19.4 Å². The maximum atomic E-state index is 11.2. The van der Waals surface area contributed by atoms with Crippen molar-refractivity contribution in [3.05, 3.63) is 0 Å². The molecule has 0 saturated carbocycles. The summed E-state index contributed by atoms with van der Waals surface area (Å²) in [5.41, 5.74) is 5.61. The predicted octanol–water partition coefficient (Wildman–Crippen LogP) is 0.135. The van der Waals surface area contributed by atoms with Gasteiger partial charge in [0.25, 0.3) is 0 Å². The van der Waals surface area contributed by atoms with Crippen LogP contribution in [0.15, 0.2) is 0 Å². The lowest BCUT2D eigenvalue weighted by Crippen LogP contribution is -2.33. The number of thioether (sulfide) groups is 1. The molecule has 3 N–H and O–H groups in total. The molecule has 1 amide bonds. The number of ether oxygens (including phenoxy) is 1. The molecule has 0 aliphatic heterocycles. The Morgan fingerprint density at radius 3 is 2.62 bits per heavy atom. The molecule has 0 fully saturated rings. The van der Waals surface area contributed by atoms with Gasteiger partial charge in [0.1, 0.15) is 6.04 Å². The fourth-order valence-electron chi connectivity index (χ4n) is 1.02. The second-order valence-electron chi connectivity index (χ2n) is 3.27. The average Bonchev–Trinajstić information content (AvgIpc) is 2.27. The molecule has 0 aromatic rings. The standard InChI is InChI=1S/C10H20N2O3S/c1-4-15-10(14)8(11)5-6-16-7(2)9(13)12-3/h7-8H,4-6,11H2,1-3H3,(H,12,13). The van der Waals surface area contributed by atoms with Crippen molar-refractivity contribution in [2.24, 2.45) is 5.73 Å². The third kappa shape index (κ3) is 5.97. The summed E-state index contributed by atoms with van der Waals surface area (Å²) in [5, 5.41) is 2.44. The summed E-state index contributed by atoms with van der Waals surface area (Å²) < 4.78 is 4.78. The van der Waals surface area contributed by atoms with Crippen LogP contribution in [0.5, 0.6) is 0 Å². The summed E-state index contributed by atoms with van der Waals surface area (Å²) in [6, 6.07) is -0.593. The van der Waals surface area contributed by atoms with Gasteiger partial charge >= 0.3 is 5.97 Å². The van der Waals surface area contributed by atoms with Gasteiger partial charge in [-0.15, -0.1) is 11.8 Å². The smallest absolute Gasteiger partial charge is 0.322 e. The Balaban J connectivity index is 3.73. The molecule has 0 aromatic carbocycles. The summed E-state index contributed by atoms with van der Waals surface area (Å²) in [6.45, 7) is 3.90. The van der Waals surface area contributed by atoms with E-state index < -0.39 is 6.04 Å². The number of carbonyl (C=O) groups is 2. The highest BCUT2D eigenvalue weighted by Crippen LogP contribution is 2.12. The van der Waals surface area contributed by atoms with Crippen molar-refractivity contribution < 1.29 is 14.3 Å². The number of esters is 1. The van der Waals surface area contributed by atoms with Crippen molar-refractivity contribution in [1.29, 1.82) is 0 Å². The number of rotatable bonds is 7. The van der Waals surface area contributed by atoms with Crippen LogP contribution in [-0.2, 0) is 14.3 Å². The molecule has 2 unspecified atom stereocenters. The van der Waals surface area contributed by atoms with E-state index in [0.717, 1.165) is 0 Å². The fourth-order valence-corrected chi connectivity index (χ4v) is 2.03. The molecule has 0 rings (SSSR count). The first-order chi connectivity index (χ1) is 7.52. The normalized spacial score (nSPS) is 14.0. The molecule has 6 heteroatoms. The van der Waals surface area contributed by atoms with Crippen LogP contribution in [0.2, 0.25) is 0 Å². The lowest BCUT2D eigenvalue weighted by atomic mass is 10.2. The third-order valence-corrected chi connectivity index (χ3v) is 3.19. The summed E-state index contributed by atoms with van der Waals surface area (Å²) >= 11 is 1.47. The maximum absolute atomic E-state index is 11.2. The molecule has 0 spiro atoms. The third-order valence-electron chi connectivity index (χ3n) is 2.00. The highest BCUT2D eigenvalue weighted by molar-refractivity contribution is 8.00. The minimum absolute atomic E-state index is 0.0188. The van der Waals surface area contributed by atoms with Crippen LogP contribution in [0.4, 0.5) is 0 Å². The second kappa shape index (κ2) is 8.41. The molecule has 0 aliphatic rings. The highest BCUT2D eigenvalue weighted by atomic mass is 32.2. The van der Waals surface area contributed by atoms with Crippen LogP contribution in [0.1, 0.15) is 20.3 Å². The van der Waals surface area contributed by atoms with Crippen molar-refractivity contribution in [2.45, 2.75) is 31.6 Å². The molecular formula is C10H20N2O3S. The molecule has 0 radical (unpaired) electrons. The molecule has 0 aliphatic carbocycles. The van der Waals surface area contributed by atoms with Gasteiger partial charge in [-0.05, 0) is 26.0 Å². The molecule has 16 heavy (non-hydrogen) atoms. The number of carbonyl (C=O) groups excluding carboxylic acids is 2. The molecule has 0 saturated heterocycles. The molecule has 2 atom stereocenters. The number of hydrogen-bond acceptors (Lipinski definition) is 5. The van der Waals surface area contributed by atoms with Crippen LogP contribution >= 0.6 is 11.8 Å². The van der Waals surface area contributed by atoms with Crippen LogP contribution < -0.4 is 11.1 Å². The minimum Gasteiger partial charge on any atom is -0.465 e. The number of nitrogens with two attached hydrogens (primary N) is 1. The predicted molar refractivity (Wildman–Crippen MR) is 65.2 cm³/mol. The lowest BCUT2D eigenvalue weighted by molar-refractivity contribution is -0.144. The summed E-state index contributed by atoms with van der Waals surface area (Å²) in [6.07, 6.45) is 0.519. The van der Waals surface area contributed by atoms with E-state index in [1.165, 1.54) is 11.8 Å². The molecule has 0 bridgehead atoms. The van der Waals surface area contributed by atoms with Gasteiger partial charge in [-0.25, -0.2) is 0 Å². The van der Waals surface area contributed by atoms with Crippen molar-refractivity contribution in [3.63, 3.8) is 0 Å². The quantitative estimate of drug-likeness (QED) is 0.626. The van der Waals surface area contributed by atoms with E-state index in [9.17, 15) is 9.59 Å². The van der Waals surface area contributed by atoms with E-state index in [1.807, 2.05) is 6.92 Å². The molecule has 0 heterocycles. The summed E-state index contributed by atoms with van der Waals surface area (Å²) in [5.74, 6) is 0.264. The number of amides is 1. The molecule has 0 aromatic heterocycles. The van der Waals surface area contributed by atoms with Crippen molar-refractivity contribution >= 4 is 23.6 Å². The minimum atomic E-state index is -0.593. The molecular weight excluding hydrogens is 228 g/mol. The fraction of sp³-hybridized carbons (Fsp3) is 0.800. The first kappa shape index (κ1) is 15.2. The van der Waals surface area contributed by atoms with Gasteiger partial charge in [0.15, 0.2) is 0 Å². The topological polar surface area (TPSA) is 81.4 Å². The molecule has 5 nitrogen and oxygen atoms in total. The van der Waals surface area contributed by atoms with E-state index in [2.05, 4.69) is 5.32 Å². The Bertz CT molecular complexity index is 236. The monoisotopic (exact) mass is 248 g/mol. The van der Waals surface area contributed by atoms with Gasteiger partial charge in [-0.2, -0.15) is 0 Å². The Morgan fingerprint density at radius 1 is 1.50 bits per heavy atom. The van der Waals surface area contributed by atoms with E-state index in [0.29, 0.717) is 18.8 Å². The second-order valence-corrected chi connectivity index (χ2v) is 4.72. The van der Waals surface area contributed by atoms with Crippen molar-refractivity contribution in [1.82, 2.24) is 5.32 Å². The Labute approximate surface area is 100 Å². The zero-order valence-corrected chi connectivity index (χ0v) is 10.8. The highest BCUT2D eigenvalue weighted by Gasteiger charge is 2.16. The van der Waals surface area contributed by atoms with Gasteiger partial charge in [0.05, 0.1) is 11.9 Å². The van der Waals surface area contributed by atoms with E-state index in [4.69, 9.17) is 10.5 Å². The maximum Gasteiger partial charge on any atom is 0.322 e. The van der Waals surface area contributed by atoms with Gasteiger partial charge in [-0.1, -0.05) is 0 Å². The van der Waals surface area contributed by atoms with Crippen LogP contribution in [0.25, 0.3) is 0 Å². The zero-order valence-electron chi connectivity index (χ0n) is 9.99. The molecule has 94 valence electrons. The Hall–Kier alpha value is -0.750. The van der Waals surface area contributed by atoms with Crippen LogP contribution in [0.3, 0.4) is 0 Å². The lowest BCUT2D eigenvalue weighted by Gasteiger charge is -2.12. The van der Waals surface area contributed by atoms with E-state index in [-0.39, 0.29) is 17.1 Å². The summed E-state index contributed by atoms with van der Waals surface area (Å²) in [7, 11) is 1.60. The van der Waals surface area contributed by atoms with Gasteiger partial charge in [0.2, 0.25) is 5.91 Å². The first-order valence-electron chi connectivity index (χ1n) is 5.28. The van der Waals surface area contributed by atoms with Gasteiger partial charge in [-0.3, -0.25) is 9.59 Å². The Kier molecular flexibility index (Phi) is 8.01. The van der Waals surface area contributed by atoms with Gasteiger partial charge in [0, 0.05) is 7.05 Å². The zero-order chi connectivity index (χ0) is 12.6. The number of nitrogens with one attached hydrogen (secondary N) is 1. The van der Waals surface area contributed by atoms with Crippen LogP contribution in [0, 0.1) is 0 Å². The van der Waals surface area contributed by atoms with E-state index in [1.54, 1.807) is 14.0 Å². The average molecular weight is 248 g/mol. The number of hydrogen-bond donors (Lipinski definition) is 2. The van der Waals surface area contributed by atoms with Crippen LogP contribution in [-0.4, -0.2) is 42.6 Å². The van der Waals surface area contributed by atoms with Gasteiger partial charge < -0.3 is 15.8 Å². The Morgan fingerprint density at radius 2 is 2.12 bits per heavy atom. The summed E-state index contributed by atoms with van der Waals surface area (Å²) in [4.78, 5) is 22.3. The largest absolute Gasteiger partial charge is 0.465 e. The van der Waals surface area contributed by atoms with E-state index >= 15 is 0 Å².